The van der Waals surface area contributed by atoms with Gasteiger partial charge < -0.3 is 0 Å². The first kappa shape index (κ1) is 16.6. The van der Waals surface area contributed by atoms with Gasteiger partial charge in [0.1, 0.15) is 0 Å². The van der Waals surface area contributed by atoms with Gasteiger partial charge in [-0.2, -0.15) is 0 Å². The number of allylic oxidation sites excluding steroid dienone is 2. The summed E-state index contributed by atoms with van der Waals surface area (Å²) in [7, 11) is 2.63. The molecule has 2 aliphatic rings. The minimum atomic E-state index is -3.39. The van der Waals surface area contributed by atoms with Crippen molar-refractivity contribution in [2.24, 2.45) is 0 Å². The molecule has 1 unspecified atom stereocenters. The van der Waals surface area contributed by atoms with Gasteiger partial charge in [-0.3, -0.25) is 0 Å². The third-order valence-corrected chi connectivity index (χ3v) is 10.7. The van der Waals surface area contributed by atoms with Crippen LogP contribution in [0, 0.1) is 0 Å². The van der Waals surface area contributed by atoms with Crippen molar-refractivity contribution in [1.82, 2.24) is 9.34 Å². The van der Waals surface area contributed by atoms with Gasteiger partial charge in [-0.05, 0) is 0 Å². The van der Waals surface area contributed by atoms with Crippen LogP contribution in [0.4, 0.5) is 0 Å². The zero-order valence-corrected chi connectivity index (χ0v) is 15.3. The molecule has 23 heavy (non-hydrogen) atoms. The maximum absolute atomic E-state index is 12.4. The zero-order chi connectivity index (χ0) is 16.9. The molecule has 5 nitrogen and oxygen atoms in total. The van der Waals surface area contributed by atoms with Crippen LogP contribution in [0.1, 0.15) is 25.1 Å². The first-order chi connectivity index (χ1) is 10.8. The van der Waals surface area contributed by atoms with E-state index in [9.17, 15) is 4.79 Å². The van der Waals surface area contributed by atoms with Gasteiger partial charge >= 0.3 is 137 Å². The normalized spacial score (nSPS) is 27.9. The van der Waals surface area contributed by atoms with Crippen molar-refractivity contribution >= 4 is 13.1 Å². The summed E-state index contributed by atoms with van der Waals surface area (Å²) in [6, 6.07) is 10.1. The van der Waals surface area contributed by atoms with Crippen molar-refractivity contribution in [1.29, 1.82) is 0 Å². The molecule has 0 aromatic heterocycles. The number of nitrogens with zero attached hydrogens (tertiary/aromatic N) is 2. The van der Waals surface area contributed by atoms with Crippen molar-refractivity contribution in [2.75, 3.05) is 34.3 Å². The number of carbonyl (C=O) groups is 1. The van der Waals surface area contributed by atoms with Crippen LogP contribution in [-0.2, 0) is 13.8 Å². The average molecular weight is 336 g/mol. The van der Waals surface area contributed by atoms with E-state index >= 15 is 0 Å². The second-order valence-corrected chi connectivity index (χ2v) is 10.7. The van der Waals surface area contributed by atoms with Gasteiger partial charge in [-0.25, -0.2) is 0 Å². The third kappa shape index (κ3) is 1.97. The molecule has 6 heteroatoms. The van der Waals surface area contributed by atoms with Crippen molar-refractivity contribution in [3.05, 3.63) is 47.2 Å². The zero-order valence-electron chi connectivity index (χ0n) is 14.4. The van der Waals surface area contributed by atoms with Gasteiger partial charge in [-0.15, -0.1) is 0 Å². The summed E-state index contributed by atoms with van der Waals surface area (Å²) < 4.78 is 17.3. The quantitative estimate of drug-likeness (QED) is 0.792. The molecular weight excluding hydrogens is 311 g/mol. The van der Waals surface area contributed by atoms with Crippen LogP contribution in [-0.4, -0.2) is 49.4 Å². The van der Waals surface area contributed by atoms with Crippen molar-refractivity contribution < 1.29 is 13.8 Å². The SMILES string of the molecule is CC(=O)C1=C(C)OP2(N(C)C)(OCCN2C)C1c1ccccc1. The molecule has 2 heterocycles. The third-order valence-electron chi connectivity index (χ3n) is 5.01. The van der Waals surface area contributed by atoms with E-state index < -0.39 is 7.36 Å². The fourth-order valence-corrected chi connectivity index (χ4v) is 9.48. The van der Waals surface area contributed by atoms with Crippen molar-refractivity contribution in [3.8, 4) is 0 Å². The Kier molecular flexibility index (Phi) is 3.88. The number of hydrogen-bond donors (Lipinski definition) is 0. The average Bonchev–Trinajstić information content (AvgIpc) is 2.98. The van der Waals surface area contributed by atoms with E-state index in [1.807, 2.05) is 46.3 Å². The van der Waals surface area contributed by atoms with Crippen molar-refractivity contribution in [3.63, 3.8) is 0 Å². The molecule has 1 saturated heterocycles. The molecule has 1 fully saturated rings. The number of benzene rings is 1. The molecule has 1 aromatic rings. The van der Waals surface area contributed by atoms with Gasteiger partial charge in [0.15, 0.2) is 0 Å². The van der Waals surface area contributed by atoms with Crippen LogP contribution in [0.25, 0.3) is 0 Å². The molecule has 0 saturated carbocycles. The Morgan fingerprint density at radius 3 is 2.43 bits per heavy atom. The van der Waals surface area contributed by atoms with E-state index in [1.165, 1.54) is 0 Å². The number of rotatable bonds is 3. The fraction of sp³-hybridized carbons (Fsp3) is 0.471. The number of ketones is 1. The molecule has 2 aliphatic heterocycles. The maximum atomic E-state index is 12.4. The van der Waals surface area contributed by atoms with Crippen LogP contribution in [0.5, 0.6) is 0 Å². The summed E-state index contributed by atoms with van der Waals surface area (Å²) >= 11 is 0. The molecule has 1 atom stereocenters. The van der Waals surface area contributed by atoms with E-state index in [1.54, 1.807) is 6.92 Å². The van der Waals surface area contributed by atoms with Gasteiger partial charge in [0.25, 0.3) is 0 Å². The summed E-state index contributed by atoms with van der Waals surface area (Å²) in [5.74, 6) is 0.732. The fourth-order valence-electron chi connectivity index (χ4n) is 4.00. The Balaban J connectivity index is 2.31. The van der Waals surface area contributed by atoms with Crippen LogP contribution in [0.15, 0.2) is 41.7 Å². The summed E-state index contributed by atoms with van der Waals surface area (Å²) in [6.07, 6.45) is 0. The second kappa shape index (κ2) is 5.38. The number of likely N-dealkylation sites (N-methyl/N-ethyl adjacent to an activating group) is 1. The Labute approximate surface area is 138 Å². The summed E-state index contributed by atoms with van der Waals surface area (Å²) in [5.41, 5.74) is 1.59. The standard InChI is InChI=1S/C17H25N2O3P/c1-13(20)16-14(2)22-23(18(3)4,19(5)11-12-21-23)17(16)15-9-7-6-8-10-15/h6-10,17H,11-12H2,1-5H3. The molecule has 0 radical (unpaired) electrons. The predicted octanol–water partition coefficient (Wildman–Crippen LogP) is 3.36. The first-order valence-corrected chi connectivity index (χ1v) is 9.91. The van der Waals surface area contributed by atoms with Crippen LogP contribution >= 0.6 is 7.36 Å². The van der Waals surface area contributed by atoms with Crippen LogP contribution in [0.3, 0.4) is 0 Å². The minimum absolute atomic E-state index is 0.0450. The Morgan fingerprint density at radius 2 is 1.96 bits per heavy atom. The summed E-state index contributed by atoms with van der Waals surface area (Å²) in [4.78, 5) is 12.4. The second-order valence-electron chi connectivity index (χ2n) is 6.42. The topological polar surface area (TPSA) is 42.0 Å². The number of hydrogen-bond acceptors (Lipinski definition) is 5. The Morgan fingerprint density at radius 1 is 1.30 bits per heavy atom. The predicted molar refractivity (Wildman–Crippen MR) is 92.8 cm³/mol. The van der Waals surface area contributed by atoms with E-state index in [0.717, 1.165) is 17.7 Å². The van der Waals surface area contributed by atoms with Crippen molar-refractivity contribution in [2.45, 2.75) is 19.5 Å². The molecule has 0 amide bonds. The molecule has 0 bridgehead atoms. The number of Topliss-reactive ketones (excluding diaryl/α,β-unsaturated/α-hetero) is 1. The molecule has 1 aromatic carbocycles. The molecule has 126 valence electrons. The van der Waals surface area contributed by atoms with Gasteiger partial charge in [0.2, 0.25) is 0 Å². The molecule has 1 spiro atoms. The summed E-state index contributed by atoms with van der Waals surface area (Å²) in [5, 5.41) is 0. The number of carbonyl (C=O) groups excluding carboxylic acids is 1. The van der Waals surface area contributed by atoms with E-state index in [2.05, 4.69) is 21.5 Å². The monoisotopic (exact) mass is 336 g/mol. The van der Waals surface area contributed by atoms with Gasteiger partial charge in [-0.1, -0.05) is 0 Å². The summed E-state index contributed by atoms with van der Waals surface area (Å²) in [6.45, 7) is 4.89. The van der Waals surface area contributed by atoms with E-state index in [4.69, 9.17) is 9.05 Å². The Bertz CT molecular complexity index is 676. The van der Waals surface area contributed by atoms with Gasteiger partial charge in [0.05, 0.1) is 0 Å². The molecule has 0 aliphatic carbocycles. The molecule has 0 N–H and O–H groups in total. The van der Waals surface area contributed by atoms with Crippen LogP contribution < -0.4 is 0 Å². The van der Waals surface area contributed by atoms with Crippen LogP contribution in [0.2, 0.25) is 0 Å². The van der Waals surface area contributed by atoms with E-state index in [0.29, 0.717) is 12.4 Å². The van der Waals surface area contributed by atoms with Gasteiger partial charge in [0, 0.05) is 0 Å². The molecule has 3 rings (SSSR count). The van der Waals surface area contributed by atoms with E-state index in [-0.39, 0.29) is 11.4 Å². The Hall–Kier alpha value is -1.26. The molecular formula is C17H25N2O3P. The first-order valence-electron chi connectivity index (χ1n) is 7.87.